The Bertz CT molecular complexity index is 773. The van der Waals surface area contributed by atoms with Gasteiger partial charge in [-0.15, -0.1) is 11.8 Å². The van der Waals surface area contributed by atoms with Crippen molar-refractivity contribution in [3.05, 3.63) is 40.6 Å². The monoisotopic (exact) mass is 377 g/mol. The molecule has 2 aliphatic rings. The van der Waals surface area contributed by atoms with E-state index in [2.05, 4.69) is 0 Å². The minimum atomic E-state index is -1.11. The van der Waals surface area contributed by atoms with E-state index in [9.17, 15) is 14.7 Å². The lowest BCUT2D eigenvalue weighted by atomic mass is 10.1. The maximum absolute atomic E-state index is 12.4. The molecule has 1 fully saturated rings. The Morgan fingerprint density at radius 1 is 1.35 bits per heavy atom. The van der Waals surface area contributed by atoms with Crippen LogP contribution in [0.1, 0.15) is 25.0 Å². The Hall–Kier alpha value is -1.99. The average molecular weight is 377 g/mol. The highest BCUT2D eigenvalue weighted by atomic mass is 32.2. The van der Waals surface area contributed by atoms with Crippen molar-refractivity contribution in [2.45, 2.75) is 45.3 Å². The number of carboxylic acid groups (broad SMARTS) is 1. The Morgan fingerprint density at radius 2 is 2.08 bits per heavy atom. The summed E-state index contributed by atoms with van der Waals surface area (Å²) in [5.41, 5.74) is 2.92. The molecule has 7 heteroatoms. The molecular weight excluding hydrogens is 354 g/mol. The van der Waals surface area contributed by atoms with Crippen molar-refractivity contribution >= 4 is 23.6 Å². The summed E-state index contributed by atoms with van der Waals surface area (Å²) in [6.07, 6.45) is -0.657. The second-order valence-corrected chi connectivity index (χ2v) is 7.91. The first-order valence-electron chi connectivity index (χ1n) is 8.55. The van der Waals surface area contributed by atoms with Crippen molar-refractivity contribution in [1.82, 2.24) is 4.90 Å². The van der Waals surface area contributed by atoms with Crippen LogP contribution in [-0.2, 0) is 14.3 Å². The molecule has 2 aliphatic heterocycles. The fraction of sp³-hybridized carbons (Fsp3) is 0.474. The molecule has 140 valence electrons. The Morgan fingerprint density at radius 3 is 2.69 bits per heavy atom. The van der Waals surface area contributed by atoms with Gasteiger partial charge in [0.2, 0.25) is 0 Å². The summed E-state index contributed by atoms with van der Waals surface area (Å²) < 4.78 is 11.4. The van der Waals surface area contributed by atoms with Gasteiger partial charge in [-0.25, -0.2) is 4.79 Å². The predicted octanol–water partition coefficient (Wildman–Crippen LogP) is 2.73. The molecule has 0 aliphatic carbocycles. The number of fused-ring (bicyclic) bond motifs is 1. The van der Waals surface area contributed by atoms with Crippen molar-refractivity contribution in [3.63, 3.8) is 0 Å². The number of carbonyl (C=O) groups excluding carboxylic acids is 1. The number of aliphatic carboxylic acids is 1. The molecule has 1 aromatic carbocycles. The van der Waals surface area contributed by atoms with Crippen LogP contribution in [0.15, 0.2) is 29.5 Å². The third-order valence-corrected chi connectivity index (χ3v) is 5.83. The molecule has 1 aromatic rings. The zero-order valence-corrected chi connectivity index (χ0v) is 16.1. The zero-order valence-electron chi connectivity index (χ0n) is 15.3. The summed E-state index contributed by atoms with van der Waals surface area (Å²) in [6.45, 7) is 7.88. The number of ether oxygens (including phenoxy) is 2. The van der Waals surface area contributed by atoms with Crippen molar-refractivity contribution in [1.29, 1.82) is 0 Å². The standard InChI is InChI=1S/C19H23NO5S/c1-10(2)25-16-17(21)20-15(19(22)23)13(9-26-18(16)20)8-24-14-6-5-11(3)12(4)7-14/h5-7,10,16,18H,8-9H2,1-4H3,(H,22,23)/t16-,18+/m0/s1. The number of hydrogen-bond acceptors (Lipinski definition) is 5. The quantitative estimate of drug-likeness (QED) is 0.768. The van der Waals surface area contributed by atoms with Gasteiger partial charge in [-0.3, -0.25) is 9.69 Å². The lowest BCUT2D eigenvalue weighted by molar-refractivity contribution is -0.169. The number of carbonyl (C=O) groups is 2. The van der Waals surface area contributed by atoms with Gasteiger partial charge in [-0.05, 0) is 51.0 Å². The molecular formula is C19H23NO5S. The summed E-state index contributed by atoms with van der Waals surface area (Å²) in [7, 11) is 0. The number of β-lactam (4-membered cyclic amide) rings is 1. The van der Waals surface area contributed by atoms with Gasteiger partial charge >= 0.3 is 5.97 Å². The molecule has 3 rings (SSSR count). The van der Waals surface area contributed by atoms with Crippen LogP contribution in [0.5, 0.6) is 5.75 Å². The van der Waals surface area contributed by atoms with Gasteiger partial charge < -0.3 is 14.6 Å². The van der Waals surface area contributed by atoms with Crippen LogP contribution in [0, 0.1) is 13.8 Å². The van der Waals surface area contributed by atoms with Gasteiger partial charge in [0.1, 0.15) is 23.4 Å². The Kier molecular flexibility index (Phi) is 5.29. The van der Waals surface area contributed by atoms with Crippen LogP contribution in [0.3, 0.4) is 0 Å². The third kappa shape index (κ3) is 3.46. The van der Waals surface area contributed by atoms with E-state index in [0.29, 0.717) is 17.1 Å². The van der Waals surface area contributed by atoms with Gasteiger partial charge in [0.05, 0.1) is 6.10 Å². The maximum atomic E-state index is 12.4. The molecule has 0 unspecified atom stereocenters. The first kappa shape index (κ1) is 18.8. The van der Waals surface area contributed by atoms with E-state index in [1.165, 1.54) is 22.2 Å². The SMILES string of the molecule is Cc1ccc(OCC2=C(C(=O)O)N3C(=O)[C@H](OC(C)C)[C@H]3SC2)cc1C. The van der Waals surface area contributed by atoms with Gasteiger partial charge in [-0.2, -0.15) is 0 Å². The normalized spacial score (nSPS) is 22.3. The van der Waals surface area contributed by atoms with Crippen molar-refractivity contribution in [2.75, 3.05) is 12.4 Å². The summed E-state index contributed by atoms with van der Waals surface area (Å²) in [6, 6.07) is 5.76. The Labute approximate surface area is 157 Å². The molecule has 0 spiro atoms. The summed E-state index contributed by atoms with van der Waals surface area (Å²) in [5.74, 6) is -0.213. The topological polar surface area (TPSA) is 76.1 Å². The van der Waals surface area contributed by atoms with E-state index in [1.54, 1.807) is 0 Å². The fourth-order valence-electron chi connectivity index (χ4n) is 3.02. The van der Waals surface area contributed by atoms with Crippen molar-refractivity contribution < 1.29 is 24.2 Å². The number of thioether (sulfide) groups is 1. The molecule has 0 aromatic heterocycles. The zero-order chi connectivity index (χ0) is 19.0. The first-order chi connectivity index (χ1) is 12.3. The van der Waals surface area contributed by atoms with Crippen molar-refractivity contribution in [3.8, 4) is 5.75 Å². The second kappa shape index (κ2) is 7.32. The Balaban J connectivity index is 1.77. The fourth-order valence-corrected chi connectivity index (χ4v) is 4.32. The lowest BCUT2D eigenvalue weighted by Gasteiger charge is -2.49. The smallest absolute Gasteiger partial charge is 0.352 e. The van der Waals surface area contributed by atoms with E-state index in [1.807, 2.05) is 45.9 Å². The summed E-state index contributed by atoms with van der Waals surface area (Å²) in [4.78, 5) is 25.5. The number of nitrogens with zero attached hydrogens (tertiary/aromatic N) is 1. The van der Waals surface area contributed by atoms with Gasteiger partial charge in [-0.1, -0.05) is 6.07 Å². The number of carboxylic acids is 1. The van der Waals surface area contributed by atoms with Gasteiger partial charge in [0, 0.05) is 11.3 Å². The van der Waals surface area contributed by atoms with E-state index in [4.69, 9.17) is 9.47 Å². The number of rotatable bonds is 6. The number of benzene rings is 1. The highest BCUT2D eigenvalue weighted by molar-refractivity contribution is 8.00. The van der Waals surface area contributed by atoms with Crippen LogP contribution < -0.4 is 4.74 Å². The summed E-state index contributed by atoms with van der Waals surface area (Å²) in [5, 5.41) is 9.36. The molecule has 6 nitrogen and oxygen atoms in total. The molecule has 26 heavy (non-hydrogen) atoms. The van der Waals surface area contributed by atoms with Gasteiger partial charge in [0.15, 0.2) is 6.10 Å². The minimum absolute atomic E-state index is 0.0335. The number of hydrogen-bond donors (Lipinski definition) is 1. The van der Waals surface area contributed by atoms with Crippen LogP contribution in [0.4, 0.5) is 0 Å². The summed E-state index contributed by atoms with van der Waals surface area (Å²) >= 11 is 1.52. The predicted molar refractivity (Wildman–Crippen MR) is 99.2 cm³/mol. The van der Waals surface area contributed by atoms with Crippen LogP contribution in [0.25, 0.3) is 0 Å². The van der Waals surface area contributed by atoms with E-state index in [-0.39, 0.29) is 29.7 Å². The molecule has 2 heterocycles. The minimum Gasteiger partial charge on any atom is -0.489 e. The average Bonchev–Trinajstić information content (AvgIpc) is 2.59. The highest BCUT2D eigenvalue weighted by Crippen LogP contribution is 2.42. The first-order valence-corrected chi connectivity index (χ1v) is 9.60. The lowest BCUT2D eigenvalue weighted by Crippen LogP contribution is -2.66. The maximum Gasteiger partial charge on any atom is 0.352 e. The molecule has 2 atom stereocenters. The highest BCUT2D eigenvalue weighted by Gasteiger charge is 2.54. The molecule has 1 N–H and O–H groups in total. The van der Waals surface area contributed by atoms with E-state index >= 15 is 0 Å². The number of aryl methyl sites for hydroxylation is 2. The third-order valence-electron chi connectivity index (χ3n) is 4.51. The van der Waals surface area contributed by atoms with Crippen LogP contribution in [0.2, 0.25) is 0 Å². The number of amides is 1. The molecule has 0 saturated carbocycles. The van der Waals surface area contributed by atoms with Gasteiger partial charge in [0.25, 0.3) is 5.91 Å². The van der Waals surface area contributed by atoms with Crippen LogP contribution in [-0.4, -0.2) is 51.8 Å². The molecule has 0 radical (unpaired) electrons. The molecule has 1 amide bonds. The second-order valence-electron chi connectivity index (χ2n) is 6.81. The largest absolute Gasteiger partial charge is 0.489 e. The van der Waals surface area contributed by atoms with E-state index in [0.717, 1.165) is 5.56 Å². The van der Waals surface area contributed by atoms with Crippen molar-refractivity contribution in [2.24, 2.45) is 0 Å². The van der Waals surface area contributed by atoms with E-state index < -0.39 is 12.1 Å². The van der Waals surface area contributed by atoms with Crippen LogP contribution >= 0.6 is 11.8 Å². The molecule has 0 bridgehead atoms. The molecule has 1 saturated heterocycles.